The molecule has 1 amide bonds. The molecule has 8 heteroatoms. The highest BCUT2D eigenvalue weighted by molar-refractivity contribution is 5.77. The number of aliphatic hydroxyl groups is 1. The Morgan fingerprint density at radius 3 is 2.51 bits per heavy atom. The van der Waals surface area contributed by atoms with Crippen molar-refractivity contribution in [2.24, 2.45) is 5.92 Å². The summed E-state index contributed by atoms with van der Waals surface area (Å²) in [6, 6.07) is 11.5. The average Bonchev–Trinajstić information content (AvgIpc) is 3.29. The molecule has 1 aliphatic rings. The fraction of sp³-hybridized carbons (Fsp3) is 0.481. The van der Waals surface area contributed by atoms with E-state index in [-0.39, 0.29) is 23.9 Å². The predicted molar refractivity (Wildman–Crippen MR) is 135 cm³/mol. The maximum atomic E-state index is 12.8. The van der Waals surface area contributed by atoms with Gasteiger partial charge in [0.15, 0.2) is 0 Å². The van der Waals surface area contributed by atoms with Crippen LogP contribution in [0, 0.1) is 5.92 Å². The second kappa shape index (κ2) is 10.6. The molecule has 8 nitrogen and oxygen atoms in total. The minimum atomic E-state index is -1.04. The number of benzene rings is 1. The molecule has 4 rings (SSSR count). The number of piperidine rings is 1. The monoisotopic (exact) mass is 477 g/mol. The minimum Gasteiger partial charge on any atom is -0.388 e. The van der Waals surface area contributed by atoms with Crippen LogP contribution in [0.5, 0.6) is 0 Å². The van der Waals surface area contributed by atoms with Crippen LogP contribution in [0.25, 0.3) is 11.3 Å². The van der Waals surface area contributed by atoms with Crippen molar-refractivity contribution in [3.63, 3.8) is 0 Å². The lowest BCUT2D eigenvalue weighted by molar-refractivity contribution is -0.136. The van der Waals surface area contributed by atoms with Gasteiger partial charge in [-0.05, 0) is 30.2 Å². The van der Waals surface area contributed by atoms with Crippen LogP contribution in [-0.4, -0.2) is 53.9 Å². The summed E-state index contributed by atoms with van der Waals surface area (Å²) in [5, 5.41) is 15.5. The summed E-state index contributed by atoms with van der Waals surface area (Å²) < 4.78 is 3.31. The number of hydrogen-bond acceptors (Lipinski definition) is 5. The number of amides is 1. The average molecular weight is 478 g/mol. The van der Waals surface area contributed by atoms with Gasteiger partial charge in [0, 0.05) is 43.9 Å². The molecule has 1 unspecified atom stereocenters. The van der Waals surface area contributed by atoms with Gasteiger partial charge in [-0.25, -0.2) is 4.98 Å². The van der Waals surface area contributed by atoms with E-state index in [1.54, 1.807) is 6.20 Å². The molecule has 2 aromatic heterocycles. The number of rotatable bonds is 8. The summed E-state index contributed by atoms with van der Waals surface area (Å²) in [7, 11) is 0. The van der Waals surface area contributed by atoms with Crippen LogP contribution in [0.3, 0.4) is 0 Å². The normalized spacial score (nSPS) is 16.4. The third-order valence-electron chi connectivity index (χ3n) is 6.72. The first-order chi connectivity index (χ1) is 16.7. The Kier molecular flexibility index (Phi) is 7.50. The van der Waals surface area contributed by atoms with Gasteiger partial charge in [-0.2, -0.15) is 5.10 Å². The smallest absolute Gasteiger partial charge is 0.253 e. The largest absolute Gasteiger partial charge is 0.388 e. The lowest BCUT2D eigenvalue weighted by Gasteiger charge is -2.38. The molecule has 0 saturated carbocycles. The van der Waals surface area contributed by atoms with E-state index in [0.29, 0.717) is 44.0 Å². The fourth-order valence-corrected chi connectivity index (χ4v) is 4.61. The van der Waals surface area contributed by atoms with Crippen LogP contribution in [0.15, 0.2) is 59.9 Å². The summed E-state index contributed by atoms with van der Waals surface area (Å²) in [6.07, 6.45) is 6.40. The maximum Gasteiger partial charge on any atom is 0.253 e. The van der Waals surface area contributed by atoms with Crippen LogP contribution in [-0.2, 0) is 17.9 Å². The Hall–Kier alpha value is -3.26. The molecule has 1 atom stereocenters. The second-order valence-corrected chi connectivity index (χ2v) is 10.2. The summed E-state index contributed by atoms with van der Waals surface area (Å²) in [4.78, 5) is 31.8. The fourth-order valence-electron chi connectivity index (χ4n) is 4.61. The summed E-state index contributed by atoms with van der Waals surface area (Å²) in [6.45, 7) is 8.22. The van der Waals surface area contributed by atoms with Gasteiger partial charge in [0.1, 0.15) is 0 Å². The Morgan fingerprint density at radius 2 is 1.86 bits per heavy atom. The molecule has 1 saturated heterocycles. The molecule has 1 N–H and O–H groups in total. The summed E-state index contributed by atoms with van der Waals surface area (Å²) in [5.41, 5.74) is 1.26. The SMILES string of the molecule is CC(C)Cn1cc(-c2cc(=O)n(CC3(O)CCN(C(=O)CC(C)c4ccccc4)CC3)cn2)cn1. The van der Waals surface area contributed by atoms with Crippen molar-refractivity contribution < 1.29 is 9.90 Å². The second-order valence-electron chi connectivity index (χ2n) is 10.2. The van der Waals surface area contributed by atoms with Crippen molar-refractivity contribution in [3.05, 3.63) is 71.0 Å². The lowest BCUT2D eigenvalue weighted by Crippen LogP contribution is -2.49. The van der Waals surface area contributed by atoms with Crippen molar-refractivity contribution in [2.45, 2.75) is 64.6 Å². The van der Waals surface area contributed by atoms with Crippen LogP contribution in [0.1, 0.15) is 51.5 Å². The number of aromatic nitrogens is 4. The highest BCUT2D eigenvalue weighted by Gasteiger charge is 2.34. The molecule has 0 bridgehead atoms. The van der Waals surface area contributed by atoms with Crippen molar-refractivity contribution >= 4 is 5.91 Å². The van der Waals surface area contributed by atoms with Gasteiger partial charge >= 0.3 is 0 Å². The molecular formula is C27H35N5O3. The molecule has 1 aromatic carbocycles. The molecule has 1 fully saturated rings. The van der Waals surface area contributed by atoms with Crippen LogP contribution < -0.4 is 5.56 Å². The molecule has 3 aromatic rings. The summed E-state index contributed by atoms with van der Waals surface area (Å²) >= 11 is 0. The molecule has 1 aliphatic heterocycles. The molecule has 0 spiro atoms. The number of carbonyl (C=O) groups excluding carboxylic acids is 1. The number of carbonyl (C=O) groups is 1. The molecule has 186 valence electrons. The van der Waals surface area contributed by atoms with Crippen molar-refractivity contribution in [3.8, 4) is 11.3 Å². The topological polar surface area (TPSA) is 93.2 Å². The minimum absolute atomic E-state index is 0.101. The van der Waals surface area contributed by atoms with Crippen LogP contribution in [0.4, 0.5) is 0 Å². The third kappa shape index (κ3) is 6.25. The van der Waals surface area contributed by atoms with Gasteiger partial charge < -0.3 is 10.0 Å². The van der Waals surface area contributed by atoms with E-state index in [0.717, 1.165) is 17.7 Å². The predicted octanol–water partition coefficient (Wildman–Crippen LogP) is 3.31. The van der Waals surface area contributed by atoms with Gasteiger partial charge in [-0.15, -0.1) is 0 Å². The quantitative estimate of drug-likeness (QED) is 0.537. The molecule has 0 aliphatic carbocycles. The maximum absolute atomic E-state index is 12.8. The van der Waals surface area contributed by atoms with E-state index >= 15 is 0 Å². The number of likely N-dealkylation sites (tertiary alicyclic amines) is 1. The molecule has 3 heterocycles. The van der Waals surface area contributed by atoms with E-state index in [2.05, 4.69) is 30.9 Å². The number of nitrogens with zero attached hydrogens (tertiary/aromatic N) is 5. The first-order valence-corrected chi connectivity index (χ1v) is 12.4. The highest BCUT2D eigenvalue weighted by Crippen LogP contribution is 2.26. The molecule has 35 heavy (non-hydrogen) atoms. The zero-order valence-electron chi connectivity index (χ0n) is 20.8. The zero-order valence-corrected chi connectivity index (χ0v) is 20.8. The van der Waals surface area contributed by atoms with Gasteiger partial charge in [-0.1, -0.05) is 51.1 Å². The first kappa shape index (κ1) is 24.9. The van der Waals surface area contributed by atoms with E-state index in [4.69, 9.17) is 0 Å². The van der Waals surface area contributed by atoms with E-state index in [1.807, 2.05) is 46.1 Å². The van der Waals surface area contributed by atoms with Crippen molar-refractivity contribution in [1.29, 1.82) is 0 Å². The Labute approximate surface area is 206 Å². The first-order valence-electron chi connectivity index (χ1n) is 12.4. The van der Waals surface area contributed by atoms with Crippen LogP contribution in [0.2, 0.25) is 0 Å². The summed E-state index contributed by atoms with van der Waals surface area (Å²) in [5.74, 6) is 0.716. The Balaban J connectivity index is 1.34. The van der Waals surface area contributed by atoms with Crippen LogP contribution >= 0.6 is 0 Å². The van der Waals surface area contributed by atoms with Crippen molar-refractivity contribution in [1.82, 2.24) is 24.2 Å². The van der Waals surface area contributed by atoms with Crippen molar-refractivity contribution in [2.75, 3.05) is 13.1 Å². The van der Waals surface area contributed by atoms with Gasteiger partial charge in [0.05, 0.1) is 30.4 Å². The van der Waals surface area contributed by atoms with Gasteiger partial charge in [0.25, 0.3) is 5.56 Å². The van der Waals surface area contributed by atoms with E-state index in [9.17, 15) is 14.7 Å². The molecule has 0 radical (unpaired) electrons. The van der Waals surface area contributed by atoms with Gasteiger partial charge in [0.2, 0.25) is 5.91 Å². The number of hydrogen-bond donors (Lipinski definition) is 1. The molecular weight excluding hydrogens is 442 g/mol. The lowest BCUT2D eigenvalue weighted by atomic mass is 9.90. The Morgan fingerprint density at radius 1 is 1.14 bits per heavy atom. The third-order valence-corrected chi connectivity index (χ3v) is 6.72. The Bertz CT molecular complexity index is 1190. The van der Waals surface area contributed by atoms with E-state index < -0.39 is 5.60 Å². The van der Waals surface area contributed by atoms with Gasteiger partial charge in [-0.3, -0.25) is 18.8 Å². The standard InChI is InChI=1S/C27H35N5O3/c1-20(2)16-32-17-23(15-29-32)24-14-26(34)31(19-28-24)18-27(35)9-11-30(12-10-27)25(33)13-21(3)22-7-5-4-6-8-22/h4-8,14-15,17,19-21,35H,9-13,16,18H2,1-3H3. The highest BCUT2D eigenvalue weighted by atomic mass is 16.3. The van der Waals surface area contributed by atoms with E-state index in [1.165, 1.54) is 17.0 Å². The zero-order chi connectivity index (χ0) is 25.0.